The standard InChI is InChI=1S/C17H20N4O4S/c1-11-18-14(17(22)20-12-7-8-26(23,24)10-12)9-16(19-11)21-13-5-3-4-6-15(13)25-2/h3-6,9,12H,7-8,10H2,1-2H3,(H,20,22)(H,18,19,21). The third-order valence-corrected chi connectivity index (χ3v) is 5.78. The summed E-state index contributed by atoms with van der Waals surface area (Å²) in [5, 5.41) is 5.85. The van der Waals surface area contributed by atoms with E-state index >= 15 is 0 Å². The van der Waals surface area contributed by atoms with Crippen molar-refractivity contribution in [1.82, 2.24) is 15.3 Å². The van der Waals surface area contributed by atoms with Gasteiger partial charge in [0.2, 0.25) is 0 Å². The van der Waals surface area contributed by atoms with Gasteiger partial charge in [-0.25, -0.2) is 18.4 Å². The molecule has 1 fully saturated rings. The molecule has 2 N–H and O–H groups in total. The minimum atomic E-state index is -3.06. The number of nitrogens with one attached hydrogen (secondary N) is 2. The lowest BCUT2D eigenvalue weighted by atomic mass is 10.2. The molecule has 9 heteroatoms. The molecule has 1 aromatic heterocycles. The lowest BCUT2D eigenvalue weighted by molar-refractivity contribution is 0.0935. The number of sulfone groups is 1. The van der Waals surface area contributed by atoms with E-state index < -0.39 is 15.7 Å². The zero-order valence-corrected chi connectivity index (χ0v) is 15.3. The normalized spacial score (nSPS) is 18.3. The Morgan fingerprint density at radius 1 is 1.27 bits per heavy atom. The van der Waals surface area contributed by atoms with Gasteiger partial charge in [-0.1, -0.05) is 12.1 Å². The summed E-state index contributed by atoms with van der Waals surface area (Å²) in [6.45, 7) is 1.68. The number of anilines is 2. The molecule has 1 amide bonds. The maximum atomic E-state index is 12.4. The molecule has 26 heavy (non-hydrogen) atoms. The quantitative estimate of drug-likeness (QED) is 0.813. The van der Waals surface area contributed by atoms with Crippen LogP contribution in [0.2, 0.25) is 0 Å². The molecule has 1 aromatic carbocycles. The molecule has 3 rings (SSSR count). The Kier molecular flexibility index (Phi) is 5.08. The first-order valence-electron chi connectivity index (χ1n) is 8.13. The average molecular weight is 376 g/mol. The summed E-state index contributed by atoms with van der Waals surface area (Å²) in [7, 11) is -1.49. The van der Waals surface area contributed by atoms with Crippen molar-refractivity contribution in [3.8, 4) is 5.75 Å². The summed E-state index contributed by atoms with van der Waals surface area (Å²) in [6.07, 6.45) is 0.421. The van der Waals surface area contributed by atoms with Gasteiger partial charge in [-0.05, 0) is 25.5 Å². The molecule has 138 valence electrons. The van der Waals surface area contributed by atoms with Gasteiger partial charge in [-0.15, -0.1) is 0 Å². The van der Waals surface area contributed by atoms with Crippen molar-refractivity contribution in [1.29, 1.82) is 0 Å². The van der Waals surface area contributed by atoms with Crippen molar-refractivity contribution in [2.75, 3.05) is 23.9 Å². The molecule has 0 aliphatic carbocycles. The largest absolute Gasteiger partial charge is 0.495 e. The number of para-hydroxylation sites is 2. The second-order valence-corrected chi connectivity index (χ2v) is 8.31. The second kappa shape index (κ2) is 7.28. The van der Waals surface area contributed by atoms with Gasteiger partial charge in [0.15, 0.2) is 9.84 Å². The summed E-state index contributed by atoms with van der Waals surface area (Å²) < 4.78 is 28.4. The molecule has 1 aliphatic heterocycles. The molecule has 1 atom stereocenters. The van der Waals surface area contributed by atoms with Gasteiger partial charge in [-0.3, -0.25) is 4.79 Å². The summed E-state index contributed by atoms with van der Waals surface area (Å²) in [6, 6.07) is 8.49. The lowest BCUT2D eigenvalue weighted by Crippen LogP contribution is -2.36. The minimum absolute atomic E-state index is 0.0326. The number of amides is 1. The summed E-state index contributed by atoms with van der Waals surface area (Å²) >= 11 is 0. The first kappa shape index (κ1) is 18.1. The highest BCUT2D eigenvalue weighted by Crippen LogP contribution is 2.26. The predicted octanol–water partition coefficient (Wildman–Crippen LogP) is 1.45. The molecule has 2 heterocycles. The number of benzene rings is 1. The fourth-order valence-electron chi connectivity index (χ4n) is 2.80. The number of nitrogens with zero attached hydrogens (tertiary/aromatic N) is 2. The van der Waals surface area contributed by atoms with Gasteiger partial charge in [0, 0.05) is 12.1 Å². The number of methoxy groups -OCH3 is 1. The number of ether oxygens (including phenoxy) is 1. The van der Waals surface area contributed by atoms with Crippen molar-refractivity contribution in [3.05, 3.63) is 41.9 Å². The van der Waals surface area contributed by atoms with Crippen molar-refractivity contribution in [3.63, 3.8) is 0 Å². The Balaban J connectivity index is 1.78. The van der Waals surface area contributed by atoms with E-state index in [0.29, 0.717) is 29.5 Å². The topological polar surface area (TPSA) is 110 Å². The van der Waals surface area contributed by atoms with Crippen molar-refractivity contribution in [2.24, 2.45) is 0 Å². The molecule has 0 saturated carbocycles. The third kappa shape index (κ3) is 4.29. The van der Waals surface area contributed by atoms with Crippen LogP contribution in [0.3, 0.4) is 0 Å². The van der Waals surface area contributed by atoms with Gasteiger partial charge < -0.3 is 15.4 Å². The fourth-order valence-corrected chi connectivity index (χ4v) is 4.48. The zero-order valence-electron chi connectivity index (χ0n) is 14.5. The number of aromatic nitrogens is 2. The van der Waals surface area contributed by atoms with Gasteiger partial charge in [0.05, 0.1) is 24.3 Å². The van der Waals surface area contributed by atoms with Crippen LogP contribution in [0.15, 0.2) is 30.3 Å². The van der Waals surface area contributed by atoms with E-state index in [9.17, 15) is 13.2 Å². The highest BCUT2D eigenvalue weighted by molar-refractivity contribution is 7.91. The number of rotatable bonds is 5. The predicted molar refractivity (Wildman–Crippen MR) is 97.6 cm³/mol. The number of hydrogen-bond acceptors (Lipinski definition) is 7. The van der Waals surface area contributed by atoms with Crippen molar-refractivity contribution in [2.45, 2.75) is 19.4 Å². The molecule has 1 unspecified atom stereocenters. The second-order valence-electron chi connectivity index (χ2n) is 6.08. The minimum Gasteiger partial charge on any atom is -0.495 e. The van der Waals surface area contributed by atoms with Gasteiger partial charge >= 0.3 is 0 Å². The van der Waals surface area contributed by atoms with Gasteiger partial charge in [-0.2, -0.15) is 0 Å². The van der Waals surface area contributed by atoms with E-state index in [2.05, 4.69) is 20.6 Å². The van der Waals surface area contributed by atoms with Crippen LogP contribution in [-0.2, 0) is 9.84 Å². The number of carbonyl (C=O) groups excluding carboxylic acids is 1. The fraction of sp³-hybridized carbons (Fsp3) is 0.353. The molecular formula is C17H20N4O4S. The smallest absolute Gasteiger partial charge is 0.270 e. The Labute approximate surface area is 151 Å². The van der Waals surface area contributed by atoms with E-state index in [0.717, 1.165) is 0 Å². The van der Waals surface area contributed by atoms with Crippen LogP contribution >= 0.6 is 0 Å². The van der Waals surface area contributed by atoms with Crippen LogP contribution in [0, 0.1) is 6.92 Å². The molecule has 1 saturated heterocycles. The molecular weight excluding hydrogens is 356 g/mol. The van der Waals surface area contributed by atoms with Crippen LogP contribution in [0.4, 0.5) is 11.5 Å². The maximum Gasteiger partial charge on any atom is 0.270 e. The Morgan fingerprint density at radius 3 is 2.73 bits per heavy atom. The maximum absolute atomic E-state index is 12.4. The molecule has 0 radical (unpaired) electrons. The number of carbonyl (C=O) groups is 1. The zero-order chi connectivity index (χ0) is 18.7. The van der Waals surface area contributed by atoms with Gasteiger partial charge in [0.25, 0.3) is 5.91 Å². The van der Waals surface area contributed by atoms with Gasteiger partial charge in [0.1, 0.15) is 23.1 Å². The first-order valence-corrected chi connectivity index (χ1v) is 9.95. The van der Waals surface area contributed by atoms with Crippen molar-refractivity contribution < 1.29 is 17.9 Å². The van der Waals surface area contributed by atoms with Crippen LogP contribution in [-0.4, -0.2) is 49.0 Å². The van der Waals surface area contributed by atoms with Crippen LogP contribution in [0.5, 0.6) is 5.75 Å². The van der Waals surface area contributed by atoms with Crippen molar-refractivity contribution >= 4 is 27.2 Å². The third-order valence-electron chi connectivity index (χ3n) is 4.01. The van der Waals surface area contributed by atoms with Crippen LogP contribution < -0.4 is 15.4 Å². The molecule has 0 spiro atoms. The summed E-state index contributed by atoms with van der Waals surface area (Å²) in [5.41, 5.74) is 0.889. The number of aryl methyl sites for hydroxylation is 1. The summed E-state index contributed by atoms with van der Waals surface area (Å²) in [5.74, 6) is 1.17. The Morgan fingerprint density at radius 2 is 2.04 bits per heavy atom. The average Bonchev–Trinajstić information content (AvgIpc) is 2.93. The first-order chi connectivity index (χ1) is 12.4. The van der Waals surface area contributed by atoms with E-state index in [1.165, 1.54) is 6.07 Å². The van der Waals surface area contributed by atoms with E-state index in [1.807, 2.05) is 24.3 Å². The monoisotopic (exact) mass is 376 g/mol. The van der Waals surface area contributed by atoms with Crippen LogP contribution in [0.1, 0.15) is 22.7 Å². The highest BCUT2D eigenvalue weighted by atomic mass is 32.2. The number of hydrogen-bond donors (Lipinski definition) is 2. The van der Waals surface area contributed by atoms with E-state index in [-0.39, 0.29) is 23.2 Å². The van der Waals surface area contributed by atoms with E-state index in [4.69, 9.17) is 4.74 Å². The summed E-state index contributed by atoms with van der Waals surface area (Å²) in [4.78, 5) is 20.9. The molecule has 0 bridgehead atoms. The molecule has 2 aromatic rings. The molecule has 8 nitrogen and oxygen atoms in total. The SMILES string of the molecule is COc1ccccc1Nc1cc(C(=O)NC2CCS(=O)(=O)C2)nc(C)n1. The lowest BCUT2D eigenvalue weighted by Gasteiger charge is -2.13. The molecule has 1 aliphatic rings. The highest BCUT2D eigenvalue weighted by Gasteiger charge is 2.29. The Hall–Kier alpha value is -2.68. The Bertz CT molecular complexity index is 930. The van der Waals surface area contributed by atoms with Crippen LogP contribution in [0.25, 0.3) is 0 Å². The van der Waals surface area contributed by atoms with E-state index in [1.54, 1.807) is 14.0 Å².